The highest BCUT2D eigenvalue weighted by Gasteiger charge is 2.44. The van der Waals surface area contributed by atoms with E-state index in [0.717, 1.165) is 30.4 Å². The zero-order valence-corrected chi connectivity index (χ0v) is 12.6. The zero-order chi connectivity index (χ0) is 13.4. The number of ether oxygens (including phenoxy) is 1. The number of oxime groups is 1. The summed E-state index contributed by atoms with van der Waals surface area (Å²) in [6, 6.07) is 0. The van der Waals surface area contributed by atoms with E-state index in [-0.39, 0.29) is 11.7 Å². The molecule has 1 spiro atoms. The van der Waals surface area contributed by atoms with Crippen molar-refractivity contribution in [1.29, 1.82) is 0 Å². The number of hydrogen-bond donors (Lipinski definition) is 0. The van der Waals surface area contributed by atoms with E-state index in [4.69, 9.17) is 9.57 Å². The lowest BCUT2D eigenvalue weighted by molar-refractivity contribution is -0.0719. The molecule has 2 aliphatic rings. The number of nitrogens with zero attached hydrogens (tertiary/aromatic N) is 2. The molecule has 18 heavy (non-hydrogen) atoms. The molecule has 5 nitrogen and oxygen atoms in total. The molecule has 1 fully saturated rings. The van der Waals surface area contributed by atoms with Crippen molar-refractivity contribution < 1.29 is 14.4 Å². The zero-order valence-electron chi connectivity index (χ0n) is 11.0. The number of piperidine rings is 1. The van der Waals surface area contributed by atoms with Gasteiger partial charge in [-0.05, 0) is 49.5 Å². The van der Waals surface area contributed by atoms with Gasteiger partial charge in [-0.2, -0.15) is 0 Å². The van der Waals surface area contributed by atoms with E-state index in [2.05, 4.69) is 21.1 Å². The topological polar surface area (TPSA) is 51.1 Å². The van der Waals surface area contributed by atoms with Gasteiger partial charge in [0, 0.05) is 13.0 Å². The quantitative estimate of drug-likeness (QED) is 0.690. The minimum Gasteiger partial charge on any atom is -0.444 e. The second-order valence-electron chi connectivity index (χ2n) is 5.92. The maximum Gasteiger partial charge on any atom is 0.410 e. The van der Waals surface area contributed by atoms with Gasteiger partial charge in [0.1, 0.15) is 10.2 Å². The van der Waals surface area contributed by atoms with Crippen LogP contribution in [-0.4, -0.2) is 39.9 Å². The second kappa shape index (κ2) is 4.72. The standard InChI is InChI=1S/C12H19BrN2O3/c1-11(2,3)17-10(16)15-6-4-5-12(8-15)7-9(13)14-18-12/h4-8H2,1-3H3/t12-/m0/s1. The van der Waals surface area contributed by atoms with Gasteiger partial charge in [0.15, 0.2) is 5.60 Å². The Morgan fingerprint density at radius 2 is 2.28 bits per heavy atom. The van der Waals surface area contributed by atoms with E-state index in [1.807, 2.05) is 20.8 Å². The number of hydrogen-bond acceptors (Lipinski definition) is 4. The molecule has 0 N–H and O–H groups in total. The van der Waals surface area contributed by atoms with Crippen LogP contribution in [0, 0.1) is 0 Å². The molecule has 1 amide bonds. The van der Waals surface area contributed by atoms with Crippen LogP contribution in [0.3, 0.4) is 0 Å². The summed E-state index contributed by atoms with van der Waals surface area (Å²) in [6.07, 6.45) is 2.29. The van der Waals surface area contributed by atoms with Crippen LogP contribution in [0.2, 0.25) is 0 Å². The van der Waals surface area contributed by atoms with E-state index < -0.39 is 5.60 Å². The average molecular weight is 319 g/mol. The maximum absolute atomic E-state index is 12.0. The highest BCUT2D eigenvalue weighted by atomic mass is 79.9. The van der Waals surface area contributed by atoms with Crippen LogP contribution in [-0.2, 0) is 9.57 Å². The van der Waals surface area contributed by atoms with Crippen LogP contribution in [0.5, 0.6) is 0 Å². The Hall–Kier alpha value is -0.780. The first-order chi connectivity index (χ1) is 8.30. The van der Waals surface area contributed by atoms with Gasteiger partial charge in [-0.1, -0.05) is 5.16 Å². The van der Waals surface area contributed by atoms with Crippen LogP contribution >= 0.6 is 15.9 Å². The van der Waals surface area contributed by atoms with Gasteiger partial charge in [0.25, 0.3) is 0 Å². The van der Waals surface area contributed by atoms with Gasteiger partial charge < -0.3 is 14.5 Å². The summed E-state index contributed by atoms with van der Waals surface area (Å²) in [6.45, 7) is 6.88. The predicted octanol–water partition coefficient (Wildman–Crippen LogP) is 2.88. The van der Waals surface area contributed by atoms with E-state index >= 15 is 0 Å². The molecule has 0 aromatic heterocycles. The highest BCUT2D eigenvalue weighted by Crippen LogP contribution is 2.35. The molecule has 0 aromatic carbocycles. The molecule has 1 atom stereocenters. The molecular weight excluding hydrogens is 300 g/mol. The van der Waals surface area contributed by atoms with Crippen LogP contribution < -0.4 is 0 Å². The molecule has 2 heterocycles. The Balaban J connectivity index is 1.97. The van der Waals surface area contributed by atoms with Gasteiger partial charge in [-0.15, -0.1) is 0 Å². The first-order valence-electron chi connectivity index (χ1n) is 6.18. The SMILES string of the molecule is CC(C)(C)OC(=O)N1CCC[C@]2(CC(Br)=NO2)C1. The third-order valence-corrected chi connectivity index (χ3v) is 3.42. The summed E-state index contributed by atoms with van der Waals surface area (Å²) < 4.78 is 6.20. The minimum absolute atomic E-state index is 0.270. The van der Waals surface area contributed by atoms with Crippen molar-refractivity contribution in [1.82, 2.24) is 4.90 Å². The summed E-state index contributed by atoms with van der Waals surface area (Å²) in [4.78, 5) is 19.2. The van der Waals surface area contributed by atoms with E-state index in [0.29, 0.717) is 6.54 Å². The maximum atomic E-state index is 12.0. The largest absolute Gasteiger partial charge is 0.444 e. The molecule has 0 radical (unpaired) electrons. The summed E-state index contributed by atoms with van der Waals surface area (Å²) in [5.74, 6) is 0. The number of amides is 1. The molecule has 0 unspecified atom stereocenters. The Bertz CT molecular complexity index is 378. The molecular formula is C12H19BrN2O3. The van der Waals surface area contributed by atoms with Gasteiger partial charge in [0.2, 0.25) is 0 Å². The lowest BCUT2D eigenvalue weighted by atomic mass is 9.90. The van der Waals surface area contributed by atoms with E-state index in [1.54, 1.807) is 4.90 Å². The lowest BCUT2D eigenvalue weighted by Crippen LogP contribution is -2.51. The first kappa shape index (κ1) is 13.6. The van der Waals surface area contributed by atoms with Crippen LogP contribution in [0.1, 0.15) is 40.0 Å². The second-order valence-corrected chi connectivity index (χ2v) is 6.84. The molecule has 1 saturated heterocycles. The normalized spacial score (nSPS) is 28.0. The fraction of sp³-hybridized carbons (Fsp3) is 0.833. The van der Waals surface area contributed by atoms with Crippen molar-refractivity contribution in [3.05, 3.63) is 0 Å². The van der Waals surface area contributed by atoms with Crippen molar-refractivity contribution in [3.63, 3.8) is 0 Å². The molecule has 102 valence electrons. The summed E-state index contributed by atoms with van der Waals surface area (Å²) in [7, 11) is 0. The third kappa shape index (κ3) is 3.16. The smallest absolute Gasteiger partial charge is 0.410 e. The van der Waals surface area contributed by atoms with Crippen LogP contribution in [0.4, 0.5) is 4.79 Å². The molecule has 0 bridgehead atoms. The van der Waals surface area contributed by atoms with E-state index in [9.17, 15) is 4.79 Å². The van der Waals surface area contributed by atoms with Gasteiger partial charge in [0.05, 0.1) is 6.54 Å². The molecule has 2 aliphatic heterocycles. The Morgan fingerprint density at radius 3 is 2.83 bits per heavy atom. The van der Waals surface area contributed by atoms with E-state index in [1.165, 1.54) is 0 Å². The summed E-state index contributed by atoms with van der Waals surface area (Å²) in [5, 5.41) is 3.94. The summed E-state index contributed by atoms with van der Waals surface area (Å²) in [5.41, 5.74) is -0.816. The van der Waals surface area contributed by atoms with Crippen molar-refractivity contribution in [3.8, 4) is 0 Å². The van der Waals surface area contributed by atoms with Gasteiger partial charge >= 0.3 is 6.09 Å². The van der Waals surface area contributed by atoms with Crippen molar-refractivity contribution in [2.24, 2.45) is 5.16 Å². The van der Waals surface area contributed by atoms with Crippen LogP contribution in [0.25, 0.3) is 0 Å². The number of halogens is 1. The number of carbonyl (C=O) groups excluding carboxylic acids is 1. The minimum atomic E-state index is -0.463. The van der Waals surface area contributed by atoms with Crippen molar-refractivity contribution in [2.75, 3.05) is 13.1 Å². The van der Waals surface area contributed by atoms with Crippen LogP contribution in [0.15, 0.2) is 5.16 Å². The summed E-state index contributed by atoms with van der Waals surface area (Å²) >= 11 is 3.34. The predicted molar refractivity (Wildman–Crippen MR) is 71.8 cm³/mol. The molecule has 6 heteroatoms. The Morgan fingerprint density at radius 1 is 1.56 bits per heavy atom. The molecule has 0 aromatic rings. The Kier molecular flexibility index (Phi) is 3.58. The lowest BCUT2D eigenvalue weighted by Gasteiger charge is -2.38. The molecule has 2 rings (SSSR count). The van der Waals surface area contributed by atoms with Gasteiger partial charge in [-0.3, -0.25) is 0 Å². The molecule has 0 aliphatic carbocycles. The average Bonchev–Trinajstić information content (AvgIpc) is 2.57. The Labute approximate surface area is 116 Å². The van der Waals surface area contributed by atoms with Crippen molar-refractivity contribution >= 4 is 26.6 Å². The fourth-order valence-corrected chi connectivity index (χ4v) is 2.86. The highest BCUT2D eigenvalue weighted by molar-refractivity contribution is 9.18. The first-order valence-corrected chi connectivity index (χ1v) is 6.97. The monoisotopic (exact) mass is 318 g/mol. The third-order valence-electron chi connectivity index (χ3n) is 3.00. The number of rotatable bonds is 0. The number of carbonyl (C=O) groups is 1. The fourth-order valence-electron chi connectivity index (χ4n) is 2.28. The van der Waals surface area contributed by atoms with Gasteiger partial charge in [-0.25, -0.2) is 4.79 Å². The molecule has 0 saturated carbocycles. The number of likely N-dealkylation sites (tertiary alicyclic amines) is 1. The van der Waals surface area contributed by atoms with Crippen molar-refractivity contribution in [2.45, 2.75) is 51.2 Å².